The van der Waals surface area contributed by atoms with E-state index in [2.05, 4.69) is 10.6 Å². The number of anilines is 2. The van der Waals surface area contributed by atoms with Crippen LogP contribution < -0.4 is 16.4 Å². The first kappa shape index (κ1) is 17.1. The van der Waals surface area contributed by atoms with Crippen molar-refractivity contribution in [2.24, 2.45) is 11.7 Å². The van der Waals surface area contributed by atoms with Gasteiger partial charge in [0.05, 0.1) is 5.92 Å². The number of ether oxygens (including phenoxy) is 1. The molecular formula is C15H23N3O3. The number of methoxy groups -OCH3 is 1. The summed E-state index contributed by atoms with van der Waals surface area (Å²) in [5.41, 5.74) is 6.90. The Labute approximate surface area is 125 Å². The van der Waals surface area contributed by atoms with Gasteiger partial charge in [0, 0.05) is 24.5 Å². The van der Waals surface area contributed by atoms with Crippen molar-refractivity contribution >= 4 is 23.2 Å². The number of amides is 2. The van der Waals surface area contributed by atoms with Crippen LogP contribution in [0.2, 0.25) is 0 Å². The lowest BCUT2D eigenvalue weighted by atomic mass is 10.0. The molecule has 0 fully saturated rings. The molecule has 6 heteroatoms. The Morgan fingerprint density at radius 1 is 1.10 bits per heavy atom. The molecule has 0 aliphatic rings. The smallest absolute Gasteiger partial charge is 0.253 e. The molecule has 1 aromatic carbocycles. The zero-order chi connectivity index (χ0) is 16.0. The predicted molar refractivity (Wildman–Crippen MR) is 83.0 cm³/mol. The van der Waals surface area contributed by atoms with Crippen LogP contribution in [0.3, 0.4) is 0 Å². The molecule has 1 aromatic rings. The first-order chi connectivity index (χ1) is 9.85. The monoisotopic (exact) mass is 293 g/mol. The summed E-state index contributed by atoms with van der Waals surface area (Å²) in [6, 6.07) is 6.70. The van der Waals surface area contributed by atoms with E-state index >= 15 is 0 Å². The van der Waals surface area contributed by atoms with Crippen molar-refractivity contribution < 1.29 is 14.3 Å². The van der Waals surface area contributed by atoms with E-state index in [4.69, 9.17) is 10.5 Å². The van der Waals surface area contributed by atoms with Gasteiger partial charge in [-0.15, -0.1) is 0 Å². The van der Waals surface area contributed by atoms with Crippen molar-refractivity contribution in [3.8, 4) is 0 Å². The van der Waals surface area contributed by atoms with Crippen LogP contribution in [0.25, 0.3) is 0 Å². The van der Waals surface area contributed by atoms with E-state index in [0.717, 1.165) is 0 Å². The second kappa shape index (κ2) is 7.75. The third-order valence-corrected chi connectivity index (χ3v) is 3.32. The van der Waals surface area contributed by atoms with Gasteiger partial charge in [-0.05, 0) is 32.0 Å². The van der Waals surface area contributed by atoms with Gasteiger partial charge in [-0.3, -0.25) is 9.59 Å². The number of carbonyl (C=O) groups excluding carboxylic acids is 2. The summed E-state index contributed by atoms with van der Waals surface area (Å²) in [7, 11) is 1.47. The minimum atomic E-state index is -0.540. The topological polar surface area (TPSA) is 93.5 Å². The number of nitrogens with one attached hydrogen (secondary N) is 2. The molecule has 0 saturated carbocycles. The van der Waals surface area contributed by atoms with Gasteiger partial charge in [0.15, 0.2) is 0 Å². The molecule has 116 valence electrons. The van der Waals surface area contributed by atoms with Crippen molar-refractivity contribution in [2.75, 3.05) is 17.7 Å². The van der Waals surface area contributed by atoms with Gasteiger partial charge in [0.2, 0.25) is 5.91 Å². The molecule has 0 aliphatic heterocycles. The SMILES string of the molecule is COC(C)C(=O)Nc1cccc(NC(=O)C(C)C(C)N)c1. The predicted octanol–water partition coefficient (Wildman–Crippen LogP) is 1.58. The number of carbonyl (C=O) groups is 2. The molecule has 0 spiro atoms. The number of hydrogen-bond donors (Lipinski definition) is 3. The summed E-state index contributed by atoms with van der Waals surface area (Å²) < 4.78 is 4.94. The Morgan fingerprint density at radius 2 is 1.62 bits per heavy atom. The molecule has 1 rings (SSSR count). The number of benzene rings is 1. The van der Waals surface area contributed by atoms with Gasteiger partial charge in [-0.1, -0.05) is 13.0 Å². The van der Waals surface area contributed by atoms with Crippen molar-refractivity contribution in [3.05, 3.63) is 24.3 Å². The fourth-order valence-corrected chi connectivity index (χ4v) is 1.52. The zero-order valence-electron chi connectivity index (χ0n) is 12.8. The highest BCUT2D eigenvalue weighted by Gasteiger charge is 2.17. The second-order valence-electron chi connectivity index (χ2n) is 5.09. The van der Waals surface area contributed by atoms with E-state index in [1.807, 2.05) is 0 Å². The molecule has 0 saturated heterocycles. The average Bonchev–Trinajstić information content (AvgIpc) is 2.45. The summed E-state index contributed by atoms with van der Waals surface area (Å²) in [5.74, 6) is -0.694. The number of rotatable bonds is 6. The summed E-state index contributed by atoms with van der Waals surface area (Å²) in [4.78, 5) is 23.7. The lowest BCUT2D eigenvalue weighted by Gasteiger charge is -2.16. The third-order valence-electron chi connectivity index (χ3n) is 3.32. The van der Waals surface area contributed by atoms with E-state index in [9.17, 15) is 9.59 Å². The van der Waals surface area contributed by atoms with Crippen LogP contribution in [0, 0.1) is 5.92 Å². The lowest BCUT2D eigenvalue weighted by molar-refractivity contribution is -0.124. The Kier molecular flexibility index (Phi) is 6.33. The second-order valence-corrected chi connectivity index (χ2v) is 5.09. The molecule has 0 aliphatic carbocycles. The number of hydrogen-bond acceptors (Lipinski definition) is 4. The van der Waals surface area contributed by atoms with E-state index < -0.39 is 6.10 Å². The Balaban J connectivity index is 2.73. The normalized spacial score (nSPS) is 14.9. The highest BCUT2D eigenvalue weighted by atomic mass is 16.5. The van der Waals surface area contributed by atoms with E-state index in [1.165, 1.54) is 7.11 Å². The maximum absolute atomic E-state index is 11.9. The maximum Gasteiger partial charge on any atom is 0.253 e. The molecule has 3 unspecified atom stereocenters. The summed E-state index contributed by atoms with van der Waals surface area (Å²) in [6.07, 6.45) is -0.540. The molecule has 0 radical (unpaired) electrons. The van der Waals surface area contributed by atoms with Crippen molar-refractivity contribution in [1.82, 2.24) is 0 Å². The van der Waals surface area contributed by atoms with Crippen LogP contribution in [0.1, 0.15) is 20.8 Å². The van der Waals surface area contributed by atoms with Gasteiger partial charge in [0.1, 0.15) is 6.10 Å². The highest BCUT2D eigenvalue weighted by Crippen LogP contribution is 2.16. The fraction of sp³-hybridized carbons (Fsp3) is 0.467. The first-order valence-corrected chi connectivity index (χ1v) is 6.85. The largest absolute Gasteiger partial charge is 0.372 e. The van der Waals surface area contributed by atoms with Crippen LogP contribution >= 0.6 is 0 Å². The van der Waals surface area contributed by atoms with E-state index in [0.29, 0.717) is 11.4 Å². The lowest BCUT2D eigenvalue weighted by Crippen LogP contribution is -2.34. The highest BCUT2D eigenvalue weighted by molar-refractivity contribution is 5.96. The van der Waals surface area contributed by atoms with Gasteiger partial charge in [-0.25, -0.2) is 0 Å². The molecule has 4 N–H and O–H groups in total. The zero-order valence-corrected chi connectivity index (χ0v) is 12.8. The summed E-state index contributed by atoms with van der Waals surface area (Å²) >= 11 is 0. The molecule has 0 aromatic heterocycles. The van der Waals surface area contributed by atoms with Crippen LogP contribution in [-0.2, 0) is 14.3 Å². The van der Waals surface area contributed by atoms with Crippen LogP contribution in [0.15, 0.2) is 24.3 Å². The minimum absolute atomic E-state index is 0.154. The fourth-order valence-electron chi connectivity index (χ4n) is 1.52. The van der Waals surface area contributed by atoms with Gasteiger partial charge in [0.25, 0.3) is 5.91 Å². The van der Waals surface area contributed by atoms with Gasteiger partial charge < -0.3 is 21.1 Å². The summed E-state index contributed by atoms with van der Waals surface area (Å²) in [6.45, 7) is 5.21. The third kappa shape index (κ3) is 5.17. The van der Waals surface area contributed by atoms with Crippen LogP contribution in [0.5, 0.6) is 0 Å². The van der Waals surface area contributed by atoms with Crippen molar-refractivity contribution in [1.29, 1.82) is 0 Å². The maximum atomic E-state index is 11.9. The Morgan fingerprint density at radius 3 is 2.10 bits per heavy atom. The van der Waals surface area contributed by atoms with Crippen molar-refractivity contribution in [2.45, 2.75) is 32.9 Å². The summed E-state index contributed by atoms with van der Waals surface area (Å²) in [5, 5.41) is 5.50. The van der Waals surface area contributed by atoms with Crippen molar-refractivity contribution in [3.63, 3.8) is 0 Å². The average molecular weight is 293 g/mol. The molecule has 0 bridgehead atoms. The molecular weight excluding hydrogens is 270 g/mol. The Hall–Kier alpha value is -1.92. The molecule has 21 heavy (non-hydrogen) atoms. The molecule has 3 atom stereocenters. The molecule has 2 amide bonds. The minimum Gasteiger partial charge on any atom is -0.372 e. The van der Waals surface area contributed by atoms with Gasteiger partial charge >= 0.3 is 0 Å². The van der Waals surface area contributed by atoms with Gasteiger partial charge in [-0.2, -0.15) is 0 Å². The molecule has 6 nitrogen and oxygen atoms in total. The van der Waals surface area contributed by atoms with Crippen LogP contribution in [0.4, 0.5) is 11.4 Å². The van der Waals surface area contributed by atoms with E-state index in [1.54, 1.807) is 45.0 Å². The first-order valence-electron chi connectivity index (χ1n) is 6.85. The standard InChI is InChI=1S/C15H23N3O3/c1-9(10(2)16)14(19)17-12-6-5-7-13(8-12)18-15(20)11(3)21-4/h5-11H,16H2,1-4H3,(H,17,19)(H,18,20). The quantitative estimate of drug-likeness (QED) is 0.742. The Bertz CT molecular complexity index is 503. The van der Waals surface area contributed by atoms with E-state index in [-0.39, 0.29) is 23.8 Å². The van der Waals surface area contributed by atoms with Crippen LogP contribution in [-0.4, -0.2) is 31.1 Å². The molecule has 0 heterocycles. The number of nitrogens with two attached hydrogens (primary N) is 1.